The van der Waals surface area contributed by atoms with Crippen LogP contribution in [0.5, 0.6) is 11.5 Å². The Bertz CT molecular complexity index is 1720. The van der Waals surface area contributed by atoms with E-state index in [1.807, 2.05) is 30.3 Å². The van der Waals surface area contributed by atoms with Gasteiger partial charge in [0, 0.05) is 30.6 Å². The van der Waals surface area contributed by atoms with E-state index >= 15 is 0 Å². The summed E-state index contributed by atoms with van der Waals surface area (Å²) in [7, 11) is -4.23. The van der Waals surface area contributed by atoms with Crippen LogP contribution in [0, 0.1) is 0 Å². The van der Waals surface area contributed by atoms with Gasteiger partial charge in [-0.2, -0.15) is 0 Å². The van der Waals surface area contributed by atoms with Crippen molar-refractivity contribution in [3.05, 3.63) is 119 Å². The molecule has 4 aromatic carbocycles. The van der Waals surface area contributed by atoms with Crippen LogP contribution in [0.15, 0.2) is 108 Å². The molecule has 1 aliphatic heterocycles. The van der Waals surface area contributed by atoms with Gasteiger partial charge < -0.3 is 19.7 Å². The zero-order valence-electron chi connectivity index (χ0n) is 24.8. The predicted octanol–water partition coefficient (Wildman–Crippen LogP) is 5.08. The van der Waals surface area contributed by atoms with Crippen molar-refractivity contribution >= 4 is 39.1 Å². The molecule has 1 atom stereocenters. The van der Waals surface area contributed by atoms with Crippen LogP contribution in [-0.4, -0.2) is 57.5 Å². The van der Waals surface area contributed by atoms with Gasteiger partial charge >= 0.3 is 0 Å². The highest BCUT2D eigenvalue weighted by atomic mass is 35.5. The fourth-order valence-electron chi connectivity index (χ4n) is 5.07. The first-order valence-corrected chi connectivity index (χ1v) is 16.4. The first-order chi connectivity index (χ1) is 21.8. The summed E-state index contributed by atoms with van der Waals surface area (Å²) in [4.78, 5) is 29.5. The molecule has 9 nitrogen and oxygen atoms in total. The minimum atomic E-state index is -4.23. The molecule has 0 aliphatic carbocycles. The minimum Gasteiger partial charge on any atom is -0.486 e. The fourth-order valence-corrected chi connectivity index (χ4v) is 6.62. The number of nitrogens with one attached hydrogen (secondary N) is 1. The van der Waals surface area contributed by atoms with Gasteiger partial charge in [0.05, 0.1) is 10.6 Å². The van der Waals surface area contributed by atoms with E-state index in [1.54, 1.807) is 67.6 Å². The van der Waals surface area contributed by atoms with Crippen LogP contribution in [0.3, 0.4) is 0 Å². The molecule has 1 N–H and O–H groups in total. The third kappa shape index (κ3) is 7.76. The topological polar surface area (TPSA) is 105 Å². The number of sulfonamides is 1. The summed E-state index contributed by atoms with van der Waals surface area (Å²) in [6, 6.07) is 28.1. The largest absolute Gasteiger partial charge is 0.486 e. The molecule has 0 unspecified atom stereocenters. The maximum Gasteiger partial charge on any atom is 0.264 e. The highest BCUT2D eigenvalue weighted by Gasteiger charge is 2.35. The van der Waals surface area contributed by atoms with Gasteiger partial charge in [0.15, 0.2) is 11.5 Å². The molecule has 0 aromatic heterocycles. The summed E-state index contributed by atoms with van der Waals surface area (Å²) in [6.45, 7) is 2.32. The van der Waals surface area contributed by atoms with Gasteiger partial charge in [0.25, 0.3) is 10.0 Å². The van der Waals surface area contributed by atoms with Gasteiger partial charge in [-0.05, 0) is 54.4 Å². The molecule has 1 aliphatic rings. The first kappa shape index (κ1) is 31.9. The van der Waals surface area contributed by atoms with Crippen LogP contribution in [-0.2, 0) is 32.6 Å². The van der Waals surface area contributed by atoms with Gasteiger partial charge in [-0.1, -0.05) is 72.3 Å². The number of likely N-dealkylation sites (N-methyl/N-ethyl adjacent to an activating group) is 1. The van der Waals surface area contributed by atoms with Crippen LogP contribution >= 0.6 is 11.6 Å². The average molecular weight is 648 g/mol. The molecule has 2 amide bonds. The van der Waals surface area contributed by atoms with Crippen LogP contribution in [0.25, 0.3) is 0 Å². The lowest BCUT2D eigenvalue weighted by Gasteiger charge is -2.34. The summed E-state index contributed by atoms with van der Waals surface area (Å²) in [5, 5.41) is 3.38. The number of anilines is 1. The monoisotopic (exact) mass is 647 g/mol. The lowest BCUT2D eigenvalue weighted by molar-refractivity contribution is -0.140. The number of amides is 2. The lowest BCUT2D eigenvalue weighted by atomic mass is 10.0. The third-order valence-electron chi connectivity index (χ3n) is 7.31. The van der Waals surface area contributed by atoms with Crippen LogP contribution < -0.4 is 19.1 Å². The summed E-state index contributed by atoms with van der Waals surface area (Å²) in [5.41, 5.74) is 1.80. The van der Waals surface area contributed by atoms with Crippen molar-refractivity contribution in [3.8, 4) is 11.5 Å². The second-order valence-corrected chi connectivity index (χ2v) is 12.7. The lowest BCUT2D eigenvalue weighted by Crippen LogP contribution is -2.53. The van der Waals surface area contributed by atoms with Crippen LogP contribution in [0.4, 0.5) is 5.69 Å². The van der Waals surface area contributed by atoms with Crippen molar-refractivity contribution in [2.45, 2.75) is 30.8 Å². The van der Waals surface area contributed by atoms with Crippen LogP contribution in [0.1, 0.15) is 18.1 Å². The van der Waals surface area contributed by atoms with Crippen molar-refractivity contribution in [1.82, 2.24) is 10.2 Å². The third-order valence-corrected chi connectivity index (χ3v) is 9.35. The smallest absolute Gasteiger partial charge is 0.264 e. The summed E-state index contributed by atoms with van der Waals surface area (Å²) < 4.78 is 40.7. The van der Waals surface area contributed by atoms with Crippen molar-refractivity contribution in [1.29, 1.82) is 0 Å². The highest BCUT2D eigenvalue weighted by molar-refractivity contribution is 7.92. The quantitative estimate of drug-likeness (QED) is 0.230. The molecule has 0 fully saturated rings. The molecule has 45 heavy (non-hydrogen) atoms. The highest BCUT2D eigenvalue weighted by Crippen LogP contribution is 2.36. The van der Waals surface area contributed by atoms with E-state index in [0.29, 0.717) is 36.3 Å². The van der Waals surface area contributed by atoms with E-state index in [4.69, 9.17) is 21.1 Å². The fraction of sp³-hybridized carbons (Fsp3) is 0.235. The number of hydrogen-bond donors (Lipinski definition) is 1. The summed E-state index contributed by atoms with van der Waals surface area (Å²) in [6.07, 6.45) is 0.224. The van der Waals surface area contributed by atoms with Crippen molar-refractivity contribution in [2.24, 2.45) is 0 Å². The molecular formula is C34H34ClN3O6S. The number of benzene rings is 4. The Morgan fingerprint density at radius 1 is 0.844 bits per heavy atom. The second kappa shape index (κ2) is 14.5. The molecule has 0 saturated carbocycles. The predicted molar refractivity (Wildman–Crippen MR) is 173 cm³/mol. The van der Waals surface area contributed by atoms with Crippen molar-refractivity contribution in [3.63, 3.8) is 0 Å². The maximum atomic E-state index is 14.5. The van der Waals surface area contributed by atoms with E-state index < -0.39 is 28.5 Å². The Hall–Kier alpha value is -4.54. The van der Waals surface area contributed by atoms with Gasteiger partial charge in [0.1, 0.15) is 25.8 Å². The van der Waals surface area contributed by atoms with Gasteiger partial charge in [-0.3, -0.25) is 13.9 Å². The van der Waals surface area contributed by atoms with E-state index in [2.05, 4.69) is 5.32 Å². The Morgan fingerprint density at radius 2 is 1.49 bits per heavy atom. The normalized spacial score (nSPS) is 13.0. The van der Waals surface area contributed by atoms with E-state index in [1.165, 1.54) is 17.0 Å². The Morgan fingerprint density at radius 3 is 2.16 bits per heavy atom. The number of halogens is 1. The van der Waals surface area contributed by atoms with E-state index in [-0.39, 0.29) is 29.5 Å². The SMILES string of the molecule is CCNC(=O)[C@H](Cc1ccccc1)N(Cc1ccc(Cl)cc1)C(=O)CN(c1ccc2c(c1)OCCO2)S(=O)(=O)c1ccccc1. The molecule has 11 heteroatoms. The van der Waals surface area contributed by atoms with E-state index in [9.17, 15) is 18.0 Å². The minimum absolute atomic E-state index is 0.0153. The number of rotatable bonds is 12. The van der Waals surface area contributed by atoms with Gasteiger partial charge in [-0.15, -0.1) is 0 Å². The Balaban J connectivity index is 1.57. The van der Waals surface area contributed by atoms with Crippen molar-refractivity contribution < 1.29 is 27.5 Å². The number of ether oxygens (including phenoxy) is 2. The average Bonchev–Trinajstić information content (AvgIpc) is 3.06. The molecule has 234 valence electrons. The van der Waals surface area contributed by atoms with Crippen molar-refractivity contribution in [2.75, 3.05) is 30.6 Å². The summed E-state index contributed by atoms with van der Waals surface area (Å²) >= 11 is 6.13. The molecular weight excluding hydrogens is 614 g/mol. The second-order valence-electron chi connectivity index (χ2n) is 10.4. The molecule has 0 bridgehead atoms. The molecule has 0 radical (unpaired) electrons. The molecule has 5 rings (SSSR count). The molecule has 1 heterocycles. The van der Waals surface area contributed by atoms with Crippen LogP contribution in [0.2, 0.25) is 5.02 Å². The number of carbonyl (C=O) groups is 2. The first-order valence-electron chi connectivity index (χ1n) is 14.6. The zero-order valence-corrected chi connectivity index (χ0v) is 26.3. The van der Waals surface area contributed by atoms with Gasteiger partial charge in [0.2, 0.25) is 11.8 Å². The van der Waals surface area contributed by atoms with E-state index in [0.717, 1.165) is 15.4 Å². The molecule has 0 spiro atoms. The van der Waals surface area contributed by atoms with Gasteiger partial charge in [-0.25, -0.2) is 8.42 Å². The molecule has 0 saturated heterocycles. The number of nitrogens with zero attached hydrogens (tertiary/aromatic N) is 2. The standard InChI is InChI=1S/C34H34ClN3O6S/c1-2-36-34(40)30(21-25-9-5-3-6-10-25)37(23-26-13-15-27(35)16-14-26)33(39)24-38(45(41,42)29-11-7-4-8-12-29)28-17-18-31-32(22-28)44-20-19-43-31/h3-18,22,30H,2,19-21,23-24H2,1H3,(H,36,40)/t30-/m0/s1. The Kier molecular flexibility index (Phi) is 10.3. The zero-order chi connectivity index (χ0) is 31.8. The number of carbonyl (C=O) groups excluding carboxylic acids is 2. The Labute approximate surface area is 268 Å². The number of hydrogen-bond acceptors (Lipinski definition) is 6. The summed E-state index contributed by atoms with van der Waals surface area (Å²) in [5.74, 6) is -0.0503. The number of fused-ring (bicyclic) bond motifs is 1. The maximum absolute atomic E-state index is 14.5. The molecule has 4 aromatic rings.